The number of carbonyl (C=O) groups is 2. The highest BCUT2D eigenvalue weighted by Crippen LogP contribution is 2.38. The van der Waals surface area contributed by atoms with Gasteiger partial charge in [-0.15, -0.1) is 0 Å². The Morgan fingerprint density at radius 2 is 2.12 bits per heavy atom. The first-order valence-corrected chi connectivity index (χ1v) is 8.35. The predicted molar refractivity (Wildman–Crippen MR) is 93.1 cm³/mol. The maximum atomic E-state index is 14.7. The van der Waals surface area contributed by atoms with Crippen molar-refractivity contribution in [3.63, 3.8) is 0 Å². The Morgan fingerprint density at radius 3 is 2.69 bits per heavy atom. The molecule has 8 heteroatoms. The van der Waals surface area contributed by atoms with Gasteiger partial charge < -0.3 is 25.2 Å². The smallest absolute Gasteiger partial charge is 0.408 e. The Labute approximate surface area is 151 Å². The van der Waals surface area contributed by atoms with Gasteiger partial charge in [-0.3, -0.25) is 4.79 Å². The standard InChI is InChI=1S/C18H25FN2O5/c1-11(23)20-13-5-6-15(19)14(7-13)18(10-25-9-12(18)8-22)21-16(24)26-17(2,3)4/h5-7,12,22H,8-10H2,1-4H3,(H,20,23)(H,21,24)/t12-,18+/m1/s1. The zero-order valence-corrected chi connectivity index (χ0v) is 15.4. The molecule has 1 fully saturated rings. The number of ether oxygens (including phenoxy) is 2. The molecule has 144 valence electrons. The summed E-state index contributed by atoms with van der Waals surface area (Å²) in [6.07, 6.45) is -0.745. The van der Waals surface area contributed by atoms with Gasteiger partial charge in [0, 0.05) is 24.1 Å². The molecule has 1 heterocycles. The molecule has 3 N–H and O–H groups in total. The first-order chi connectivity index (χ1) is 12.1. The maximum Gasteiger partial charge on any atom is 0.408 e. The Morgan fingerprint density at radius 1 is 1.42 bits per heavy atom. The van der Waals surface area contributed by atoms with Crippen molar-refractivity contribution < 1.29 is 28.6 Å². The van der Waals surface area contributed by atoms with Gasteiger partial charge in [0.1, 0.15) is 17.0 Å². The van der Waals surface area contributed by atoms with Crippen LogP contribution >= 0.6 is 0 Å². The summed E-state index contributed by atoms with van der Waals surface area (Å²) in [6, 6.07) is 4.06. The molecule has 0 aliphatic carbocycles. The van der Waals surface area contributed by atoms with E-state index in [0.717, 1.165) is 0 Å². The average molecular weight is 368 g/mol. The average Bonchev–Trinajstić information content (AvgIpc) is 2.90. The molecule has 1 aliphatic heterocycles. The molecule has 0 radical (unpaired) electrons. The summed E-state index contributed by atoms with van der Waals surface area (Å²) < 4.78 is 25.4. The first-order valence-electron chi connectivity index (χ1n) is 8.35. The minimum absolute atomic E-state index is 0.0298. The van der Waals surface area contributed by atoms with E-state index >= 15 is 0 Å². The third-order valence-corrected chi connectivity index (χ3v) is 4.06. The van der Waals surface area contributed by atoms with Crippen molar-refractivity contribution >= 4 is 17.7 Å². The number of hydrogen-bond donors (Lipinski definition) is 3. The number of rotatable bonds is 4. The predicted octanol–water partition coefficient (Wildman–Crippen LogP) is 2.14. The topological polar surface area (TPSA) is 96.9 Å². The van der Waals surface area contributed by atoms with E-state index < -0.39 is 29.0 Å². The van der Waals surface area contributed by atoms with Crippen LogP contribution in [0.4, 0.5) is 14.9 Å². The molecule has 1 aromatic carbocycles. The Bertz CT molecular complexity index is 689. The van der Waals surface area contributed by atoms with E-state index in [1.54, 1.807) is 20.8 Å². The summed E-state index contributed by atoms with van der Waals surface area (Å²) in [5.41, 5.74) is -1.56. The maximum absolute atomic E-state index is 14.7. The van der Waals surface area contributed by atoms with Crippen molar-refractivity contribution in [2.45, 2.75) is 38.8 Å². The largest absolute Gasteiger partial charge is 0.444 e. The van der Waals surface area contributed by atoms with Gasteiger partial charge in [-0.25, -0.2) is 9.18 Å². The van der Waals surface area contributed by atoms with Crippen LogP contribution in [0.2, 0.25) is 0 Å². The van der Waals surface area contributed by atoms with Crippen LogP contribution in [-0.4, -0.2) is 42.5 Å². The monoisotopic (exact) mass is 368 g/mol. The molecule has 2 atom stereocenters. The second-order valence-electron chi connectivity index (χ2n) is 7.37. The summed E-state index contributed by atoms with van der Waals surface area (Å²) in [5, 5.41) is 15.0. The van der Waals surface area contributed by atoms with Crippen LogP contribution in [0.15, 0.2) is 18.2 Å². The van der Waals surface area contributed by atoms with E-state index in [9.17, 15) is 19.1 Å². The summed E-state index contributed by atoms with van der Waals surface area (Å²) in [4.78, 5) is 23.7. The van der Waals surface area contributed by atoms with Gasteiger partial charge in [0.25, 0.3) is 0 Å². The van der Waals surface area contributed by atoms with E-state index in [1.165, 1.54) is 25.1 Å². The van der Waals surface area contributed by atoms with Crippen LogP contribution < -0.4 is 10.6 Å². The van der Waals surface area contributed by atoms with E-state index in [-0.39, 0.29) is 31.3 Å². The van der Waals surface area contributed by atoms with E-state index in [0.29, 0.717) is 5.69 Å². The molecular weight excluding hydrogens is 343 g/mol. The normalized spacial score (nSPS) is 22.8. The molecule has 0 unspecified atom stereocenters. The third kappa shape index (κ3) is 4.50. The summed E-state index contributed by atoms with van der Waals surface area (Å²) in [6.45, 7) is 6.28. The van der Waals surface area contributed by atoms with Crippen molar-refractivity contribution in [3.8, 4) is 0 Å². The third-order valence-electron chi connectivity index (χ3n) is 4.06. The van der Waals surface area contributed by atoms with Gasteiger partial charge in [-0.05, 0) is 39.0 Å². The van der Waals surface area contributed by atoms with Crippen LogP contribution in [0.25, 0.3) is 0 Å². The SMILES string of the molecule is CC(=O)Nc1ccc(F)c([C@]2(NC(=O)OC(C)(C)C)COC[C@H]2CO)c1. The van der Waals surface area contributed by atoms with Crippen LogP contribution in [-0.2, 0) is 19.8 Å². The lowest BCUT2D eigenvalue weighted by molar-refractivity contribution is -0.114. The number of alkyl carbamates (subject to hydrolysis) is 1. The molecule has 2 amide bonds. The molecule has 7 nitrogen and oxygen atoms in total. The minimum Gasteiger partial charge on any atom is -0.444 e. The Hall–Kier alpha value is -2.19. The zero-order valence-electron chi connectivity index (χ0n) is 15.4. The number of amides is 2. The Kier molecular flexibility index (Phi) is 5.87. The second kappa shape index (κ2) is 7.59. The number of benzene rings is 1. The highest BCUT2D eigenvalue weighted by molar-refractivity contribution is 5.88. The van der Waals surface area contributed by atoms with E-state index in [2.05, 4.69) is 10.6 Å². The van der Waals surface area contributed by atoms with Gasteiger partial charge in [0.05, 0.1) is 19.8 Å². The molecule has 2 rings (SSSR count). The fourth-order valence-electron chi connectivity index (χ4n) is 2.97. The van der Waals surface area contributed by atoms with E-state index in [1.807, 2.05) is 0 Å². The van der Waals surface area contributed by atoms with Crippen LogP contribution in [0.1, 0.15) is 33.3 Å². The van der Waals surface area contributed by atoms with Gasteiger partial charge in [-0.2, -0.15) is 0 Å². The van der Waals surface area contributed by atoms with Crippen molar-refractivity contribution in [3.05, 3.63) is 29.6 Å². The highest BCUT2D eigenvalue weighted by atomic mass is 19.1. The zero-order chi connectivity index (χ0) is 19.5. The van der Waals surface area contributed by atoms with Crippen molar-refractivity contribution in [1.29, 1.82) is 0 Å². The van der Waals surface area contributed by atoms with Gasteiger partial charge in [-0.1, -0.05) is 0 Å². The molecule has 1 aliphatic rings. The summed E-state index contributed by atoms with van der Waals surface area (Å²) >= 11 is 0. The first kappa shape index (κ1) is 20.1. The molecule has 1 saturated heterocycles. The Balaban J connectivity index is 2.45. The van der Waals surface area contributed by atoms with Crippen molar-refractivity contribution in [2.75, 3.05) is 25.1 Å². The summed E-state index contributed by atoms with van der Waals surface area (Å²) in [5.74, 6) is -1.46. The van der Waals surface area contributed by atoms with Crippen molar-refractivity contribution in [1.82, 2.24) is 5.32 Å². The van der Waals surface area contributed by atoms with Gasteiger partial charge in [0.15, 0.2) is 0 Å². The number of aliphatic hydroxyl groups is 1. The quantitative estimate of drug-likeness (QED) is 0.757. The van der Waals surface area contributed by atoms with Gasteiger partial charge >= 0.3 is 6.09 Å². The molecule has 0 aromatic heterocycles. The molecule has 0 spiro atoms. The number of carbonyl (C=O) groups excluding carboxylic acids is 2. The molecule has 0 saturated carbocycles. The minimum atomic E-state index is -1.31. The van der Waals surface area contributed by atoms with E-state index in [4.69, 9.17) is 9.47 Å². The van der Waals surface area contributed by atoms with Crippen LogP contribution in [0.3, 0.4) is 0 Å². The molecule has 0 bridgehead atoms. The second-order valence-corrected chi connectivity index (χ2v) is 7.37. The fraction of sp³-hybridized carbons (Fsp3) is 0.556. The lowest BCUT2D eigenvalue weighted by Gasteiger charge is -2.35. The fourth-order valence-corrected chi connectivity index (χ4v) is 2.97. The summed E-state index contributed by atoms with van der Waals surface area (Å²) in [7, 11) is 0. The molecule has 1 aromatic rings. The lowest BCUT2D eigenvalue weighted by Crippen LogP contribution is -2.53. The highest BCUT2D eigenvalue weighted by Gasteiger charge is 2.48. The van der Waals surface area contributed by atoms with Gasteiger partial charge in [0.2, 0.25) is 5.91 Å². The number of anilines is 1. The van der Waals surface area contributed by atoms with Crippen LogP contribution in [0.5, 0.6) is 0 Å². The number of hydrogen-bond acceptors (Lipinski definition) is 5. The van der Waals surface area contributed by atoms with Crippen LogP contribution in [0, 0.1) is 11.7 Å². The van der Waals surface area contributed by atoms with Crippen molar-refractivity contribution in [2.24, 2.45) is 5.92 Å². The molecular formula is C18H25FN2O5. The number of nitrogens with one attached hydrogen (secondary N) is 2. The number of aliphatic hydroxyl groups excluding tert-OH is 1. The lowest BCUT2D eigenvalue weighted by atomic mass is 9.80. The number of halogens is 1. The molecule has 26 heavy (non-hydrogen) atoms.